The summed E-state index contributed by atoms with van der Waals surface area (Å²) in [6.45, 7) is 1.91. The lowest BCUT2D eigenvalue weighted by Gasteiger charge is -2.18. The fourth-order valence-electron chi connectivity index (χ4n) is 2.03. The molecule has 0 radical (unpaired) electrons. The molecular weight excluding hydrogens is 276 g/mol. The van der Waals surface area contributed by atoms with Gasteiger partial charge in [-0.05, 0) is 49.7 Å². The van der Waals surface area contributed by atoms with Crippen LogP contribution in [0.2, 0.25) is 0 Å². The number of anilines is 1. The second-order valence-electron chi connectivity index (χ2n) is 5.38. The normalized spacial score (nSPS) is 11.8. The van der Waals surface area contributed by atoms with Gasteiger partial charge in [-0.3, -0.25) is 4.79 Å². The van der Waals surface area contributed by atoms with E-state index in [4.69, 9.17) is 10.5 Å². The molecule has 22 heavy (non-hydrogen) atoms. The first kappa shape index (κ1) is 16.0. The predicted molar refractivity (Wildman–Crippen MR) is 89.3 cm³/mol. The number of hydrogen-bond acceptors (Lipinski definition) is 3. The number of ether oxygens (including phenoxy) is 1. The number of rotatable bonds is 6. The highest BCUT2D eigenvalue weighted by Crippen LogP contribution is 2.24. The van der Waals surface area contributed by atoms with Gasteiger partial charge < -0.3 is 15.4 Å². The third-order valence-electron chi connectivity index (χ3n) is 3.39. The van der Waals surface area contributed by atoms with Gasteiger partial charge in [-0.15, -0.1) is 0 Å². The fourth-order valence-corrected chi connectivity index (χ4v) is 2.03. The second kappa shape index (κ2) is 7.61. The van der Waals surface area contributed by atoms with E-state index in [0.717, 1.165) is 17.2 Å². The molecule has 0 aliphatic rings. The van der Waals surface area contributed by atoms with Crippen LogP contribution in [0.25, 0.3) is 0 Å². The number of carbonyl (C=O) groups excluding carboxylic acids is 1. The minimum atomic E-state index is 0.0407. The van der Waals surface area contributed by atoms with Gasteiger partial charge in [0.1, 0.15) is 11.5 Å². The molecule has 0 spiro atoms. The first-order valence-electron chi connectivity index (χ1n) is 7.41. The molecule has 0 aliphatic heterocycles. The number of para-hydroxylation sites is 1. The molecule has 1 unspecified atom stereocenters. The van der Waals surface area contributed by atoms with Crippen molar-refractivity contribution in [1.82, 2.24) is 0 Å². The van der Waals surface area contributed by atoms with Crippen molar-refractivity contribution in [3.63, 3.8) is 0 Å². The summed E-state index contributed by atoms with van der Waals surface area (Å²) >= 11 is 0. The van der Waals surface area contributed by atoms with E-state index in [2.05, 4.69) is 0 Å². The topological polar surface area (TPSA) is 55.6 Å². The van der Waals surface area contributed by atoms with Gasteiger partial charge in [0, 0.05) is 25.2 Å². The molecule has 4 heteroatoms. The van der Waals surface area contributed by atoms with Crippen LogP contribution < -0.4 is 15.4 Å². The highest BCUT2D eigenvalue weighted by atomic mass is 16.5. The lowest BCUT2D eigenvalue weighted by atomic mass is 10.2. The van der Waals surface area contributed by atoms with Crippen LogP contribution in [0.3, 0.4) is 0 Å². The molecule has 0 fully saturated rings. The van der Waals surface area contributed by atoms with E-state index in [-0.39, 0.29) is 11.9 Å². The van der Waals surface area contributed by atoms with Crippen molar-refractivity contribution in [3.8, 4) is 11.5 Å². The van der Waals surface area contributed by atoms with Crippen LogP contribution in [-0.4, -0.2) is 19.0 Å². The maximum atomic E-state index is 12.1. The molecule has 2 aromatic rings. The summed E-state index contributed by atoms with van der Waals surface area (Å²) in [5, 5.41) is 0. The van der Waals surface area contributed by atoms with E-state index in [1.54, 1.807) is 11.9 Å². The van der Waals surface area contributed by atoms with Crippen LogP contribution in [0, 0.1) is 0 Å². The Balaban J connectivity index is 1.97. The molecule has 0 aromatic heterocycles. The first-order chi connectivity index (χ1) is 10.6. The largest absolute Gasteiger partial charge is 0.457 e. The Labute approximate surface area is 131 Å². The molecule has 116 valence electrons. The van der Waals surface area contributed by atoms with Gasteiger partial charge in [-0.2, -0.15) is 0 Å². The zero-order valence-corrected chi connectivity index (χ0v) is 13.0. The Bertz CT molecular complexity index is 594. The number of amides is 1. The Hall–Kier alpha value is -2.33. The second-order valence-corrected chi connectivity index (χ2v) is 5.38. The molecule has 1 amide bonds. The third kappa shape index (κ3) is 4.60. The summed E-state index contributed by atoms with van der Waals surface area (Å²) < 4.78 is 5.73. The average molecular weight is 298 g/mol. The monoisotopic (exact) mass is 298 g/mol. The lowest BCUT2D eigenvalue weighted by Crippen LogP contribution is -2.28. The molecule has 0 saturated carbocycles. The Kier molecular flexibility index (Phi) is 5.55. The Morgan fingerprint density at radius 3 is 2.27 bits per heavy atom. The van der Waals surface area contributed by atoms with Crippen LogP contribution in [-0.2, 0) is 4.79 Å². The quantitative estimate of drug-likeness (QED) is 0.887. The van der Waals surface area contributed by atoms with E-state index >= 15 is 0 Å². The van der Waals surface area contributed by atoms with E-state index in [1.807, 2.05) is 61.5 Å². The predicted octanol–water partition coefficient (Wildman–Crippen LogP) is 3.57. The first-order valence-corrected chi connectivity index (χ1v) is 7.41. The van der Waals surface area contributed by atoms with Gasteiger partial charge in [0.2, 0.25) is 5.91 Å². The highest BCUT2D eigenvalue weighted by Gasteiger charge is 2.11. The third-order valence-corrected chi connectivity index (χ3v) is 3.39. The molecule has 2 rings (SSSR count). The molecule has 0 saturated heterocycles. The Morgan fingerprint density at radius 2 is 1.68 bits per heavy atom. The number of hydrogen-bond donors (Lipinski definition) is 1. The molecular formula is C18H22N2O2. The van der Waals surface area contributed by atoms with Crippen LogP contribution >= 0.6 is 0 Å². The zero-order chi connectivity index (χ0) is 15.9. The minimum Gasteiger partial charge on any atom is -0.457 e. The smallest absolute Gasteiger partial charge is 0.226 e. The van der Waals surface area contributed by atoms with Gasteiger partial charge in [0.05, 0.1) is 0 Å². The maximum Gasteiger partial charge on any atom is 0.226 e. The van der Waals surface area contributed by atoms with Gasteiger partial charge in [-0.1, -0.05) is 18.2 Å². The van der Waals surface area contributed by atoms with Crippen molar-refractivity contribution in [1.29, 1.82) is 0 Å². The van der Waals surface area contributed by atoms with E-state index in [1.165, 1.54) is 0 Å². The van der Waals surface area contributed by atoms with Crippen molar-refractivity contribution in [2.24, 2.45) is 5.73 Å². The lowest BCUT2D eigenvalue weighted by molar-refractivity contribution is -0.118. The fraction of sp³-hybridized carbons (Fsp3) is 0.278. The van der Waals surface area contributed by atoms with Crippen molar-refractivity contribution < 1.29 is 9.53 Å². The summed E-state index contributed by atoms with van der Waals surface area (Å²) in [5.74, 6) is 1.59. The molecule has 2 aromatic carbocycles. The number of nitrogens with zero attached hydrogens (tertiary/aromatic N) is 1. The summed E-state index contributed by atoms with van der Waals surface area (Å²) in [7, 11) is 1.77. The number of benzene rings is 2. The van der Waals surface area contributed by atoms with E-state index in [9.17, 15) is 4.79 Å². The van der Waals surface area contributed by atoms with Crippen LogP contribution in [0.15, 0.2) is 54.6 Å². The van der Waals surface area contributed by atoms with Crippen molar-refractivity contribution >= 4 is 11.6 Å². The van der Waals surface area contributed by atoms with E-state index in [0.29, 0.717) is 12.8 Å². The van der Waals surface area contributed by atoms with Crippen LogP contribution in [0.1, 0.15) is 19.8 Å². The average Bonchev–Trinajstić information content (AvgIpc) is 2.53. The minimum absolute atomic E-state index is 0.0407. The van der Waals surface area contributed by atoms with Crippen molar-refractivity contribution in [2.45, 2.75) is 25.8 Å². The number of carbonyl (C=O) groups is 1. The summed E-state index contributed by atoms with van der Waals surface area (Å²) in [5.41, 5.74) is 6.53. The number of nitrogens with two attached hydrogens (primary N) is 1. The highest BCUT2D eigenvalue weighted by molar-refractivity contribution is 5.92. The van der Waals surface area contributed by atoms with E-state index < -0.39 is 0 Å². The summed E-state index contributed by atoms with van der Waals surface area (Å²) in [6, 6.07) is 17.1. The summed E-state index contributed by atoms with van der Waals surface area (Å²) in [4.78, 5) is 13.7. The maximum absolute atomic E-state index is 12.1. The van der Waals surface area contributed by atoms with Crippen molar-refractivity contribution in [3.05, 3.63) is 54.6 Å². The summed E-state index contributed by atoms with van der Waals surface area (Å²) in [6.07, 6.45) is 1.15. The molecule has 0 heterocycles. The molecule has 0 aliphatic carbocycles. The van der Waals surface area contributed by atoms with Gasteiger partial charge in [0.25, 0.3) is 0 Å². The van der Waals surface area contributed by atoms with Gasteiger partial charge >= 0.3 is 0 Å². The molecule has 2 N–H and O–H groups in total. The van der Waals surface area contributed by atoms with Crippen LogP contribution in [0.4, 0.5) is 5.69 Å². The zero-order valence-electron chi connectivity index (χ0n) is 13.0. The Morgan fingerprint density at radius 1 is 1.09 bits per heavy atom. The van der Waals surface area contributed by atoms with Gasteiger partial charge in [0.15, 0.2) is 0 Å². The SMILES string of the molecule is CC(N)CCC(=O)N(C)c1ccc(Oc2ccccc2)cc1. The molecule has 0 bridgehead atoms. The van der Waals surface area contributed by atoms with Gasteiger partial charge in [-0.25, -0.2) is 0 Å². The molecule has 1 atom stereocenters. The van der Waals surface area contributed by atoms with Crippen molar-refractivity contribution in [2.75, 3.05) is 11.9 Å². The van der Waals surface area contributed by atoms with Crippen LogP contribution in [0.5, 0.6) is 11.5 Å². The standard InChI is InChI=1S/C18H22N2O2/c1-14(19)8-13-18(21)20(2)15-9-11-17(12-10-15)22-16-6-4-3-5-7-16/h3-7,9-12,14H,8,13,19H2,1-2H3. The molecule has 4 nitrogen and oxygen atoms in total.